The maximum absolute atomic E-state index is 12.0. The Kier molecular flexibility index (Phi) is 4.05. The minimum atomic E-state index is -3.94. The molecule has 0 aliphatic heterocycles. The first-order chi connectivity index (χ1) is 9.50. The van der Waals surface area contributed by atoms with Crippen molar-refractivity contribution >= 4 is 15.7 Å². The summed E-state index contributed by atoms with van der Waals surface area (Å²) in [6, 6.07) is 5.17. The van der Waals surface area contributed by atoms with E-state index in [0.717, 1.165) is 6.07 Å². The number of aromatic amines is 1. The number of para-hydroxylation sites is 1. The van der Waals surface area contributed by atoms with Crippen molar-refractivity contribution in [2.45, 2.75) is 11.3 Å². The van der Waals surface area contributed by atoms with Crippen LogP contribution in [0.4, 0.5) is 5.69 Å². The Bertz CT molecular complexity index is 698. The molecule has 1 heterocycles. The highest BCUT2D eigenvalue weighted by Gasteiger charge is 2.24. The SMILES string of the molecule is O=[N+]([O-])c1ccccc1S(=O)(=O)NCCc1ncn[nH]1. The van der Waals surface area contributed by atoms with Crippen LogP contribution in [0, 0.1) is 10.1 Å². The minimum absolute atomic E-state index is 0.0591. The largest absolute Gasteiger partial charge is 0.289 e. The molecule has 1 aromatic carbocycles. The third kappa shape index (κ3) is 3.16. The van der Waals surface area contributed by atoms with Crippen LogP contribution in [0.2, 0.25) is 0 Å². The summed E-state index contributed by atoms with van der Waals surface area (Å²) in [5.74, 6) is 0.523. The lowest BCUT2D eigenvalue weighted by molar-refractivity contribution is -0.387. The second-order valence-electron chi connectivity index (χ2n) is 3.80. The summed E-state index contributed by atoms with van der Waals surface area (Å²) in [5, 5.41) is 17.0. The van der Waals surface area contributed by atoms with Gasteiger partial charge >= 0.3 is 0 Å². The first kappa shape index (κ1) is 14.1. The zero-order valence-corrected chi connectivity index (χ0v) is 11.0. The fraction of sp³-hybridized carbons (Fsp3) is 0.200. The maximum atomic E-state index is 12.0. The summed E-state index contributed by atoms with van der Waals surface area (Å²) in [6.45, 7) is 0.0591. The van der Waals surface area contributed by atoms with Crippen LogP contribution in [0.25, 0.3) is 0 Å². The van der Waals surface area contributed by atoms with Gasteiger partial charge in [0.25, 0.3) is 5.69 Å². The quantitative estimate of drug-likeness (QED) is 0.579. The summed E-state index contributed by atoms with van der Waals surface area (Å²) < 4.78 is 26.3. The molecule has 1 aromatic heterocycles. The fourth-order valence-electron chi connectivity index (χ4n) is 1.57. The van der Waals surface area contributed by atoms with Crippen molar-refractivity contribution < 1.29 is 13.3 Å². The van der Waals surface area contributed by atoms with Crippen LogP contribution in [0.1, 0.15) is 5.82 Å². The van der Waals surface area contributed by atoms with E-state index in [-0.39, 0.29) is 11.4 Å². The summed E-state index contributed by atoms with van der Waals surface area (Å²) in [7, 11) is -3.94. The van der Waals surface area contributed by atoms with E-state index in [1.807, 2.05) is 0 Å². The van der Waals surface area contributed by atoms with E-state index in [1.165, 1.54) is 24.5 Å². The van der Waals surface area contributed by atoms with Gasteiger partial charge in [-0.1, -0.05) is 12.1 Å². The molecule has 106 valence electrons. The Morgan fingerprint density at radius 1 is 1.35 bits per heavy atom. The number of hydrogen-bond acceptors (Lipinski definition) is 6. The van der Waals surface area contributed by atoms with Gasteiger partial charge in [-0.3, -0.25) is 15.2 Å². The highest BCUT2D eigenvalue weighted by Crippen LogP contribution is 2.22. The zero-order valence-electron chi connectivity index (χ0n) is 10.2. The Balaban J connectivity index is 2.12. The number of nitrogens with zero attached hydrogens (tertiary/aromatic N) is 3. The first-order valence-corrected chi connectivity index (χ1v) is 7.06. The number of nitro groups is 1. The van der Waals surface area contributed by atoms with E-state index >= 15 is 0 Å². The molecular weight excluding hydrogens is 286 g/mol. The van der Waals surface area contributed by atoms with Crippen molar-refractivity contribution in [1.29, 1.82) is 0 Å². The van der Waals surface area contributed by atoms with Crippen molar-refractivity contribution in [1.82, 2.24) is 19.9 Å². The number of nitro benzene ring substituents is 1. The lowest BCUT2D eigenvalue weighted by Gasteiger charge is -2.06. The summed E-state index contributed by atoms with van der Waals surface area (Å²) in [5.41, 5.74) is -0.459. The minimum Gasteiger partial charge on any atom is -0.263 e. The van der Waals surface area contributed by atoms with E-state index in [4.69, 9.17) is 0 Å². The smallest absolute Gasteiger partial charge is 0.263 e. The molecule has 0 amide bonds. The second kappa shape index (κ2) is 5.75. The summed E-state index contributed by atoms with van der Waals surface area (Å²) in [4.78, 5) is 13.6. The van der Waals surface area contributed by atoms with Gasteiger partial charge in [0.05, 0.1) is 4.92 Å². The third-order valence-electron chi connectivity index (χ3n) is 2.47. The Morgan fingerprint density at radius 3 is 2.75 bits per heavy atom. The molecular formula is C10H11N5O4S. The van der Waals surface area contributed by atoms with Gasteiger partial charge in [-0.2, -0.15) is 5.10 Å². The molecule has 10 heteroatoms. The van der Waals surface area contributed by atoms with E-state index in [0.29, 0.717) is 12.2 Å². The molecule has 0 unspecified atom stereocenters. The normalized spacial score (nSPS) is 11.4. The van der Waals surface area contributed by atoms with Gasteiger partial charge in [-0.05, 0) is 6.07 Å². The average molecular weight is 297 g/mol. The van der Waals surface area contributed by atoms with E-state index in [1.54, 1.807) is 0 Å². The lowest BCUT2D eigenvalue weighted by Crippen LogP contribution is -2.26. The second-order valence-corrected chi connectivity index (χ2v) is 5.54. The molecule has 0 aliphatic rings. The summed E-state index contributed by atoms with van der Waals surface area (Å²) in [6.07, 6.45) is 1.62. The van der Waals surface area contributed by atoms with Crippen LogP contribution in [0.3, 0.4) is 0 Å². The predicted octanol–water partition coefficient (Wildman–Crippen LogP) is 0.234. The van der Waals surface area contributed by atoms with E-state index in [9.17, 15) is 18.5 Å². The number of nitrogens with one attached hydrogen (secondary N) is 2. The molecule has 20 heavy (non-hydrogen) atoms. The molecule has 2 N–H and O–H groups in total. The van der Waals surface area contributed by atoms with Crippen molar-refractivity contribution in [2.24, 2.45) is 0 Å². The van der Waals surface area contributed by atoms with Gasteiger partial charge in [0, 0.05) is 19.0 Å². The molecule has 0 fully saturated rings. The number of H-pyrrole nitrogens is 1. The van der Waals surface area contributed by atoms with Gasteiger partial charge in [-0.25, -0.2) is 18.1 Å². The standard InChI is InChI=1S/C10H11N5O4S/c16-15(17)8-3-1-2-4-9(8)20(18,19)13-6-5-10-11-7-12-14-10/h1-4,7,13H,5-6H2,(H,11,12,14). The Hall–Kier alpha value is -2.33. The number of rotatable bonds is 6. The number of aromatic nitrogens is 3. The van der Waals surface area contributed by atoms with E-state index < -0.39 is 20.6 Å². The fourth-order valence-corrected chi connectivity index (χ4v) is 2.77. The number of sulfonamides is 1. The van der Waals surface area contributed by atoms with Gasteiger partial charge in [-0.15, -0.1) is 0 Å². The monoisotopic (exact) mass is 297 g/mol. The average Bonchev–Trinajstić information content (AvgIpc) is 2.91. The van der Waals surface area contributed by atoms with Crippen LogP contribution in [-0.4, -0.2) is 35.1 Å². The molecule has 2 aromatic rings. The number of hydrogen-bond donors (Lipinski definition) is 2. The Morgan fingerprint density at radius 2 is 2.10 bits per heavy atom. The number of benzene rings is 1. The van der Waals surface area contributed by atoms with Gasteiger partial charge < -0.3 is 0 Å². The lowest BCUT2D eigenvalue weighted by atomic mass is 10.3. The topological polar surface area (TPSA) is 131 Å². The predicted molar refractivity (Wildman–Crippen MR) is 68.4 cm³/mol. The van der Waals surface area contributed by atoms with E-state index in [2.05, 4.69) is 19.9 Å². The molecule has 0 spiro atoms. The van der Waals surface area contributed by atoms with Gasteiger partial charge in [0.15, 0.2) is 4.90 Å². The van der Waals surface area contributed by atoms with Crippen molar-refractivity contribution in [3.8, 4) is 0 Å². The van der Waals surface area contributed by atoms with Crippen LogP contribution < -0.4 is 4.72 Å². The highest BCUT2D eigenvalue weighted by molar-refractivity contribution is 7.89. The zero-order chi connectivity index (χ0) is 14.6. The van der Waals surface area contributed by atoms with Crippen LogP contribution in [0.15, 0.2) is 35.5 Å². The van der Waals surface area contributed by atoms with Crippen molar-refractivity contribution in [3.05, 3.63) is 46.5 Å². The van der Waals surface area contributed by atoms with Crippen molar-refractivity contribution in [3.63, 3.8) is 0 Å². The summed E-state index contributed by atoms with van der Waals surface area (Å²) >= 11 is 0. The molecule has 9 nitrogen and oxygen atoms in total. The molecule has 0 saturated heterocycles. The molecule has 0 atom stereocenters. The van der Waals surface area contributed by atoms with Crippen LogP contribution in [0.5, 0.6) is 0 Å². The van der Waals surface area contributed by atoms with Gasteiger partial charge in [0.2, 0.25) is 10.0 Å². The first-order valence-electron chi connectivity index (χ1n) is 5.58. The van der Waals surface area contributed by atoms with Crippen molar-refractivity contribution in [2.75, 3.05) is 6.54 Å². The Labute approximate surface area is 114 Å². The van der Waals surface area contributed by atoms with Crippen LogP contribution >= 0.6 is 0 Å². The van der Waals surface area contributed by atoms with Crippen LogP contribution in [-0.2, 0) is 16.4 Å². The molecule has 0 saturated carbocycles. The highest BCUT2D eigenvalue weighted by atomic mass is 32.2. The van der Waals surface area contributed by atoms with Gasteiger partial charge in [0.1, 0.15) is 12.2 Å². The molecule has 0 radical (unpaired) electrons. The molecule has 0 bridgehead atoms. The molecule has 2 rings (SSSR count). The maximum Gasteiger partial charge on any atom is 0.289 e. The molecule has 0 aliphatic carbocycles. The third-order valence-corrected chi connectivity index (χ3v) is 3.98.